The highest BCUT2D eigenvalue weighted by Gasteiger charge is 2.38. The number of ether oxygens (including phenoxy) is 1. The number of rotatable bonds is 5. The van der Waals surface area contributed by atoms with Crippen LogP contribution < -0.4 is 0 Å². The van der Waals surface area contributed by atoms with E-state index in [1.54, 1.807) is 6.33 Å². The van der Waals surface area contributed by atoms with Gasteiger partial charge >= 0.3 is 6.09 Å². The molecule has 182 valence electrons. The van der Waals surface area contributed by atoms with Crippen LogP contribution in [0.4, 0.5) is 4.79 Å². The van der Waals surface area contributed by atoms with Crippen molar-refractivity contribution in [2.75, 3.05) is 19.6 Å². The van der Waals surface area contributed by atoms with E-state index in [2.05, 4.69) is 41.7 Å². The summed E-state index contributed by atoms with van der Waals surface area (Å²) in [5, 5.41) is 9.11. The van der Waals surface area contributed by atoms with Crippen molar-refractivity contribution >= 4 is 6.09 Å². The number of nitrogens with zero attached hydrogens (tertiary/aromatic N) is 4. The molecule has 1 saturated carbocycles. The Bertz CT molecular complexity index is 974. The molecule has 7 nitrogen and oxygen atoms in total. The predicted molar refractivity (Wildman–Crippen MR) is 131 cm³/mol. The number of carbonyl (C=O) groups is 1. The molecule has 1 aliphatic heterocycles. The Labute approximate surface area is 203 Å². The van der Waals surface area contributed by atoms with Crippen molar-refractivity contribution < 1.29 is 9.53 Å². The normalized spacial score (nSPS) is 23.9. The number of hydrogen-bond acceptors (Lipinski definition) is 5. The number of hydrogen-bond donors (Lipinski definition) is 1. The average Bonchev–Trinajstić information content (AvgIpc) is 3.33. The largest absolute Gasteiger partial charge is 0.446 e. The minimum atomic E-state index is -0.174. The van der Waals surface area contributed by atoms with E-state index >= 15 is 0 Å². The maximum atomic E-state index is 13.3. The first kappa shape index (κ1) is 24.3. The lowest BCUT2D eigenvalue weighted by molar-refractivity contribution is -0.0298. The lowest BCUT2D eigenvalue weighted by atomic mass is 9.71. The highest BCUT2D eigenvalue weighted by molar-refractivity contribution is 5.68. The summed E-state index contributed by atoms with van der Waals surface area (Å²) in [5.74, 6) is 0.404. The number of amides is 1. The standard InChI is InChI=1S/C27H37N5O2/c1-27(2,3)24-6-4-5-7-25(24)34-26(33)32-13-12-31(17-22-16-29-19-30-22)23(18-32)14-20-8-10-21(15-28)11-9-20/h8-11,16,19,23-25H,4-7,12-14,17-18H2,1-3H3,(H,29,30). The molecule has 1 aromatic carbocycles. The van der Waals surface area contributed by atoms with E-state index in [1.807, 2.05) is 35.4 Å². The summed E-state index contributed by atoms with van der Waals surface area (Å²) in [4.78, 5) is 24.9. The van der Waals surface area contributed by atoms with Gasteiger partial charge in [0.25, 0.3) is 0 Å². The van der Waals surface area contributed by atoms with E-state index in [0.717, 1.165) is 50.0 Å². The minimum absolute atomic E-state index is 0.00116. The van der Waals surface area contributed by atoms with E-state index in [0.29, 0.717) is 24.6 Å². The minimum Gasteiger partial charge on any atom is -0.446 e. The number of nitriles is 1. The van der Waals surface area contributed by atoms with E-state index in [9.17, 15) is 4.79 Å². The second-order valence-electron chi connectivity index (χ2n) is 10.8. The molecule has 0 spiro atoms. The summed E-state index contributed by atoms with van der Waals surface area (Å²) >= 11 is 0. The van der Waals surface area contributed by atoms with Crippen molar-refractivity contribution in [1.29, 1.82) is 5.26 Å². The summed E-state index contributed by atoms with van der Waals surface area (Å²) in [6.45, 7) is 9.59. The molecule has 4 rings (SSSR count). The molecule has 3 unspecified atom stereocenters. The van der Waals surface area contributed by atoms with Crippen molar-refractivity contribution in [1.82, 2.24) is 19.8 Å². The number of imidazole rings is 1. The number of carbonyl (C=O) groups excluding carboxylic acids is 1. The molecule has 1 aromatic heterocycles. The van der Waals surface area contributed by atoms with Crippen LogP contribution >= 0.6 is 0 Å². The van der Waals surface area contributed by atoms with Crippen LogP contribution in [0.15, 0.2) is 36.8 Å². The molecule has 7 heteroatoms. The second kappa shape index (κ2) is 10.6. The number of H-pyrrole nitrogens is 1. The van der Waals surface area contributed by atoms with Crippen LogP contribution in [0.1, 0.15) is 63.3 Å². The number of aromatic amines is 1. The lowest BCUT2D eigenvalue weighted by Gasteiger charge is -2.43. The Morgan fingerprint density at radius 2 is 1.97 bits per heavy atom. The average molecular weight is 464 g/mol. The van der Waals surface area contributed by atoms with Crippen molar-refractivity contribution in [3.8, 4) is 6.07 Å². The molecule has 2 fully saturated rings. The van der Waals surface area contributed by atoms with Crippen LogP contribution in [0.5, 0.6) is 0 Å². The third-order valence-electron chi connectivity index (χ3n) is 7.41. The number of aromatic nitrogens is 2. The van der Waals surface area contributed by atoms with Gasteiger partial charge in [0.05, 0.1) is 18.0 Å². The molecule has 1 saturated heterocycles. The van der Waals surface area contributed by atoms with E-state index in [-0.39, 0.29) is 23.7 Å². The topological polar surface area (TPSA) is 85.2 Å². The molecule has 3 atom stereocenters. The van der Waals surface area contributed by atoms with Gasteiger partial charge < -0.3 is 14.6 Å². The third kappa shape index (κ3) is 5.98. The molecule has 0 bridgehead atoms. The highest BCUT2D eigenvalue weighted by atomic mass is 16.6. The SMILES string of the molecule is CC(C)(C)C1CCCCC1OC(=O)N1CCN(Cc2cnc[nH]2)C(Cc2ccc(C#N)cc2)C1. The fourth-order valence-electron chi connectivity index (χ4n) is 5.47. The third-order valence-corrected chi connectivity index (χ3v) is 7.41. The van der Waals surface area contributed by atoms with Gasteiger partial charge in [-0.2, -0.15) is 5.26 Å². The van der Waals surface area contributed by atoms with Gasteiger partial charge in [0.15, 0.2) is 0 Å². The summed E-state index contributed by atoms with van der Waals surface area (Å²) in [6, 6.07) is 10.1. The van der Waals surface area contributed by atoms with Crippen LogP contribution in [-0.2, 0) is 17.7 Å². The molecule has 2 heterocycles. The number of piperazine rings is 1. The van der Waals surface area contributed by atoms with Crippen LogP contribution in [0.25, 0.3) is 0 Å². The van der Waals surface area contributed by atoms with Gasteiger partial charge in [0.2, 0.25) is 0 Å². The highest BCUT2D eigenvalue weighted by Crippen LogP contribution is 2.39. The number of nitrogens with one attached hydrogen (secondary N) is 1. The quantitative estimate of drug-likeness (QED) is 0.691. The van der Waals surface area contributed by atoms with Crippen molar-refractivity contribution in [2.45, 2.75) is 71.6 Å². The fourth-order valence-corrected chi connectivity index (χ4v) is 5.47. The summed E-state index contributed by atoms with van der Waals surface area (Å²) in [5.41, 5.74) is 3.02. The fraction of sp³-hybridized carbons (Fsp3) is 0.593. The molecule has 0 radical (unpaired) electrons. The van der Waals surface area contributed by atoms with Crippen molar-refractivity contribution in [3.05, 3.63) is 53.6 Å². The summed E-state index contributed by atoms with van der Waals surface area (Å²) in [7, 11) is 0. The Morgan fingerprint density at radius 3 is 2.65 bits per heavy atom. The van der Waals surface area contributed by atoms with Gasteiger partial charge in [0.1, 0.15) is 6.10 Å². The van der Waals surface area contributed by atoms with E-state index < -0.39 is 0 Å². The first-order valence-electron chi connectivity index (χ1n) is 12.5. The Kier molecular flexibility index (Phi) is 7.57. The molecule has 34 heavy (non-hydrogen) atoms. The second-order valence-corrected chi connectivity index (χ2v) is 10.8. The van der Waals surface area contributed by atoms with E-state index in [4.69, 9.17) is 10.00 Å². The Morgan fingerprint density at radius 1 is 1.21 bits per heavy atom. The monoisotopic (exact) mass is 463 g/mol. The molecule has 2 aliphatic rings. The van der Waals surface area contributed by atoms with E-state index in [1.165, 1.54) is 6.42 Å². The van der Waals surface area contributed by atoms with Gasteiger partial charge in [0, 0.05) is 50.0 Å². The van der Waals surface area contributed by atoms with Gasteiger partial charge in [-0.05, 0) is 48.8 Å². The van der Waals surface area contributed by atoms with Crippen molar-refractivity contribution in [2.24, 2.45) is 11.3 Å². The zero-order valence-corrected chi connectivity index (χ0v) is 20.7. The van der Waals surface area contributed by atoms with Gasteiger partial charge in [-0.1, -0.05) is 39.3 Å². The van der Waals surface area contributed by atoms with Crippen LogP contribution in [0.3, 0.4) is 0 Å². The van der Waals surface area contributed by atoms with Crippen LogP contribution in [-0.4, -0.2) is 57.6 Å². The maximum Gasteiger partial charge on any atom is 0.410 e. The zero-order valence-electron chi connectivity index (χ0n) is 20.7. The van der Waals surface area contributed by atoms with Crippen LogP contribution in [0, 0.1) is 22.7 Å². The Balaban J connectivity index is 1.45. The van der Waals surface area contributed by atoms with Gasteiger partial charge in [-0.3, -0.25) is 4.90 Å². The van der Waals surface area contributed by atoms with Gasteiger partial charge in [-0.25, -0.2) is 9.78 Å². The zero-order chi connectivity index (χ0) is 24.1. The Hall–Kier alpha value is -2.85. The summed E-state index contributed by atoms with van der Waals surface area (Å²) in [6.07, 6.45) is 8.62. The summed E-state index contributed by atoms with van der Waals surface area (Å²) < 4.78 is 6.16. The molecule has 2 aromatic rings. The molecular formula is C27H37N5O2. The molecular weight excluding hydrogens is 426 g/mol. The first-order valence-corrected chi connectivity index (χ1v) is 12.5. The first-order chi connectivity index (χ1) is 16.3. The molecule has 1 N–H and O–H groups in total. The maximum absolute atomic E-state index is 13.3. The molecule has 1 aliphatic carbocycles. The van der Waals surface area contributed by atoms with Gasteiger partial charge in [-0.15, -0.1) is 0 Å². The van der Waals surface area contributed by atoms with Crippen molar-refractivity contribution in [3.63, 3.8) is 0 Å². The predicted octanol–water partition coefficient (Wildman–Crippen LogP) is 4.75. The molecule has 1 amide bonds. The smallest absolute Gasteiger partial charge is 0.410 e. The lowest BCUT2D eigenvalue weighted by Crippen LogP contribution is -2.56. The number of benzene rings is 1. The van der Waals surface area contributed by atoms with Crippen LogP contribution in [0.2, 0.25) is 0 Å².